The summed E-state index contributed by atoms with van der Waals surface area (Å²) in [5.41, 5.74) is 2.35. The number of ether oxygens (including phenoxy) is 2. The third kappa shape index (κ3) is 2.90. The van der Waals surface area contributed by atoms with E-state index in [-0.39, 0.29) is 5.97 Å². The minimum Gasteiger partial charge on any atom is -0.496 e. The standard InChI is InChI=1S/C16H19NO3/c1-4-6-12-10-15(19-3)13-9-11(16(18)20-5-2)7-8-14(13)17-12/h7-10H,4-6H2,1-3H3. The second-order valence-corrected chi connectivity index (χ2v) is 4.52. The molecule has 0 saturated carbocycles. The lowest BCUT2D eigenvalue weighted by atomic mass is 10.1. The van der Waals surface area contributed by atoms with Crippen LogP contribution in [0.25, 0.3) is 10.9 Å². The monoisotopic (exact) mass is 273 g/mol. The molecule has 106 valence electrons. The number of aromatic nitrogens is 1. The molecule has 0 spiro atoms. The molecular formula is C16H19NO3. The number of benzene rings is 1. The van der Waals surface area contributed by atoms with Gasteiger partial charge in [-0.15, -0.1) is 0 Å². The summed E-state index contributed by atoms with van der Waals surface area (Å²) in [6, 6.07) is 7.28. The Kier molecular flexibility index (Phi) is 4.56. The first-order chi connectivity index (χ1) is 9.69. The van der Waals surface area contributed by atoms with Crippen LogP contribution >= 0.6 is 0 Å². The Bertz CT molecular complexity index is 622. The number of aryl methyl sites for hydroxylation is 1. The van der Waals surface area contributed by atoms with Crippen LogP contribution in [0.2, 0.25) is 0 Å². The fraction of sp³-hybridized carbons (Fsp3) is 0.375. The van der Waals surface area contributed by atoms with E-state index in [4.69, 9.17) is 9.47 Å². The highest BCUT2D eigenvalue weighted by molar-refractivity contribution is 5.96. The van der Waals surface area contributed by atoms with E-state index in [2.05, 4.69) is 11.9 Å². The smallest absolute Gasteiger partial charge is 0.338 e. The highest BCUT2D eigenvalue weighted by Crippen LogP contribution is 2.27. The van der Waals surface area contributed by atoms with Crippen molar-refractivity contribution in [3.8, 4) is 5.75 Å². The van der Waals surface area contributed by atoms with Crippen molar-refractivity contribution in [3.63, 3.8) is 0 Å². The number of carbonyl (C=O) groups excluding carboxylic acids is 1. The zero-order chi connectivity index (χ0) is 14.5. The maximum atomic E-state index is 11.8. The van der Waals surface area contributed by atoms with E-state index in [1.54, 1.807) is 26.2 Å². The molecule has 0 fully saturated rings. The highest BCUT2D eigenvalue weighted by Gasteiger charge is 2.11. The van der Waals surface area contributed by atoms with Crippen molar-refractivity contribution in [1.29, 1.82) is 0 Å². The second-order valence-electron chi connectivity index (χ2n) is 4.52. The van der Waals surface area contributed by atoms with E-state index in [9.17, 15) is 4.79 Å². The minimum atomic E-state index is -0.325. The molecule has 1 heterocycles. The summed E-state index contributed by atoms with van der Waals surface area (Å²) in [6.07, 6.45) is 1.94. The zero-order valence-corrected chi connectivity index (χ0v) is 12.1. The van der Waals surface area contributed by atoms with Crippen LogP contribution in [0.15, 0.2) is 24.3 Å². The summed E-state index contributed by atoms with van der Waals surface area (Å²) >= 11 is 0. The van der Waals surface area contributed by atoms with Crippen molar-refractivity contribution in [1.82, 2.24) is 4.98 Å². The number of rotatable bonds is 5. The number of fused-ring (bicyclic) bond motifs is 1. The summed E-state index contributed by atoms with van der Waals surface area (Å²) in [6.45, 7) is 4.27. The molecule has 0 amide bonds. The van der Waals surface area contributed by atoms with Crippen molar-refractivity contribution >= 4 is 16.9 Å². The summed E-state index contributed by atoms with van der Waals surface area (Å²) in [5, 5.41) is 0.831. The maximum Gasteiger partial charge on any atom is 0.338 e. The third-order valence-electron chi connectivity index (χ3n) is 3.06. The van der Waals surface area contributed by atoms with Gasteiger partial charge in [0.2, 0.25) is 0 Å². The van der Waals surface area contributed by atoms with Crippen molar-refractivity contribution in [2.24, 2.45) is 0 Å². The summed E-state index contributed by atoms with van der Waals surface area (Å²) in [5.74, 6) is 0.415. The van der Waals surface area contributed by atoms with E-state index in [1.165, 1.54) is 0 Å². The number of hydrogen-bond donors (Lipinski definition) is 0. The molecule has 0 unspecified atom stereocenters. The van der Waals surface area contributed by atoms with E-state index in [1.807, 2.05) is 12.1 Å². The first-order valence-electron chi connectivity index (χ1n) is 6.84. The largest absolute Gasteiger partial charge is 0.496 e. The van der Waals surface area contributed by atoms with Crippen LogP contribution in [0.3, 0.4) is 0 Å². The number of carbonyl (C=O) groups is 1. The average Bonchev–Trinajstić information content (AvgIpc) is 2.46. The minimum absolute atomic E-state index is 0.325. The molecule has 1 aromatic carbocycles. The van der Waals surface area contributed by atoms with Crippen LogP contribution in [-0.4, -0.2) is 24.7 Å². The lowest BCUT2D eigenvalue weighted by Crippen LogP contribution is -2.04. The van der Waals surface area contributed by atoms with Gasteiger partial charge < -0.3 is 9.47 Å². The SMILES string of the molecule is CCCc1cc(OC)c2cc(C(=O)OCC)ccc2n1. The number of pyridine rings is 1. The molecule has 1 aromatic heterocycles. The Morgan fingerprint density at radius 3 is 2.70 bits per heavy atom. The van der Waals surface area contributed by atoms with Gasteiger partial charge in [0, 0.05) is 17.1 Å². The molecule has 0 aliphatic carbocycles. The van der Waals surface area contributed by atoms with Gasteiger partial charge in [0.25, 0.3) is 0 Å². The second kappa shape index (κ2) is 6.37. The number of methoxy groups -OCH3 is 1. The molecule has 20 heavy (non-hydrogen) atoms. The molecule has 2 rings (SSSR count). The summed E-state index contributed by atoms with van der Waals surface area (Å²) < 4.78 is 10.4. The maximum absolute atomic E-state index is 11.8. The summed E-state index contributed by atoms with van der Waals surface area (Å²) in [4.78, 5) is 16.4. The predicted octanol–water partition coefficient (Wildman–Crippen LogP) is 3.37. The van der Waals surface area contributed by atoms with E-state index in [0.29, 0.717) is 12.2 Å². The van der Waals surface area contributed by atoms with Crippen LogP contribution in [0.5, 0.6) is 5.75 Å². The molecule has 0 bridgehead atoms. The Hall–Kier alpha value is -2.10. The van der Waals surface area contributed by atoms with Crippen LogP contribution in [0.4, 0.5) is 0 Å². The molecular weight excluding hydrogens is 254 g/mol. The van der Waals surface area contributed by atoms with Crippen LogP contribution in [-0.2, 0) is 11.2 Å². The van der Waals surface area contributed by atoms with Gasteiger partial charge >= 0.3 is 5.97 Å². The Labute approximate surface area is 118 Å². The normalized spacial score (nSPS) is 10.6. The van der Waals surface area contributed by atoms with E-state index < -0.39 is 0 Å². The Balaban J connectivity index is 2.51. The third-order valence-corrected chi connectivity index (χ3v) is 3.06. The quantitative estimate of drug-likeness (QED) is 0.784. The molecule has 2 aromatic rings. The number of esters is 1. The molecule has 0 aliphatic heterocycles. The van der Waals surface area contributed by atoms with Crippen LogP contribution < -0.4 is 4.74 Å². The fourth-order valence-electron chi connectivity index (χ4n) is 2.14. The molecule has 0 radical (unpaired) electrons. The van der Waals surface area contributed by atoms with Crippen molar-refractivity contribution in [3.05, 3.63) is 35.5 Å². The Morgan fingerprint density at radius 2 is 2.05 bits per heavy atom. The van der Waals surface area contributed by atoms with Gasteiger partial charge in [-0.2, -0.15) is 0 Å². The lowest BCUT2D eigenvalue weighted by molar-refractivity contribution is 0.0526. The summed E-state index contributed by atoms with van der Waals surface area (Å²) in [7, 11) is 1.63. The molecule has 0 N–H and O–H groups in total. The first-order valence-corrected chi connectivity index (χ1v) is 6.84. The highest BCUT2D eigenvalue weighted by atomic mass is 16.5. The van der Waals surface area contributed by atoms with Gasteiger partial charge in [-0.1, -0.05) is 13.3 Å². The first kappa shape index (κ1) is 14.3. The van der Waals surface area contributed by atoms with Gasteiger partial charge in [0.05, 0.1) is 24.8 Å². The van der Waals surface area contributed by atoms with Crippen LogP contribution in [0, 0.1) is 0 Å². The number of hydrogen-bond acceptors (Lipinski definition) is 4. The van der Waals surface area contributed by atoms with Gasteiger partial charge in [0.1, 0.15) is 5.75 Å². The molecule has 0 aliphatic rings. The fourth-order valence-corrected chi connectivity index (χ4v) is 2.14. The van der Waals surface area contributed by atoms with Crippen LogP contribution in [0.1, 0.15) is 36.3 Å². The average molecular weight is 273 g/mol. The molecule has 0 atom stereocenters. The van der Waals surface area contributed by atoms with Gasteiger partial charge in [0.15, 0.2) is 0 Å². The Morgan fingerprint density at radius 1 is 1.25 bits per heavy atom. The zero-order valence-electron chi connectivity index (χ0n) is 12.1. The predicted molar refractivity (Wildman–Crippen MR) is 78.2 cm³/mol. The van der Waals surface area contributed by atoms with Gasteiger partial charge in [-0.05, 0) is 31.5 Å². The van der Waals surface area contributed by atoms with E-state index in [0.717, 1.165) is 35.2 Å². The topological polar surface area (TPSA) is 48.4 Å². The molecule has 4 heteroatoms. The lowest BCUT2D eigenvalue weighted by Gasteiger charge is -2.09. The number of nitrogens with zero attached hydrogens (tertiary/aromatic N) is 1. The van der Waals surface area contributed by atoms with Crippen molar-refractivity contribution in [2.75, 3.05) is 13.7 Å². The van der Waals surface area contributed by atoms with Crippen molar-refractivity contribution < 1.29 is 14.3 Å². The van der Waals surface area contributed by atoms with E-state index >= 15 is 0 Å². The van der Waals surface area contributed by atoms with Gasteiger partial charge in [-0.25, -0.2) is 4.79 Å². The molecule has 0 saturated heterocycles. The molecule has 4 nitrogen and oxygen atoms in total. The van der Waals surface area contributed by atoms with Crippen molar-refractivity contribution in [2.45, 2.75) is 26.7 Å². The van der Waals surface area contributed by atoms with Gasteiger partial charge in [-0.3, -0.25) is 4.98 Å².